The van der Waals surface area contributed by atoms with Gasteiger partial charge in [0, 0.05) is 18.9 Å². The number of pyridine rings is 2. The standard InChI is InChI=1S/C11H11ClN4/c12-10-5-9(13)7-16-11(10)15-6-8-1-3-14-4-2-8/h1-5,7H,6,13H2,(H,15,16). The lowest BCUT2D eigenvalue weighted by Gasteiger charge is -2.07. The van der Waals surface area contributed by atoms with Gasteiger partial charge in [0.05, 0.1) is 16.9 Å². The molecule has 82 valence electrons. The lowest BCUT2D eigenvalue weighted by molar-refractivity contribution is 1.10. The minimum absolute atomic E-state index is 0.522. The highest BCUT2D eigenvalue weighted by Crippen LogP contribution is 2.21. The van der Waals surface area contributed by atoms with Crippen molar-refractivity contribution >= 4 is 23.1 Å². The van der Waals surface area contributed by atoms with E-state index in [4.69, 9.17) is 17.3 Å². The molecule has 0 radical (unpaired) electrons. The van der Waals surface area contributed by atoms with Crippen molar-refractivity contribution in [2.45, 2.75) is 6.54 Å². The summed E-state index contributed by atoms with van der Waals surface area (Å²) in [6.45, 7) is 0.652. The Bertz CT molecular complexity index is 473. The van der Waals surface area contributed by atoms with Gasteiger partial charge in [-0.25, -0.2) is 4.98 Å². The van der Waals surface area contributed by atoms with Gasteiger partial charge in [0.1, 0.15) is 5.82 Å². The second-order valence-corrected chi connectivity index (χ2v) is 3.72. The van der Waals surface area contributed by atoms with Crippen LogP contribution in [-0.2, 0) is 6.54 Å². The lowest BCUT2D eigenvalue weighted by atomic mass is 10.3. The van der Waals surface area contributed by atoms with E-state index in [9.17, 15) is 0 Å². The molecule has 0 saturated carbocycles. The first-order valence-corrected chi connectivity index (χ1v) is 5.17. The largest absolute Gasteiger partial charge is 0.397 e. The number of halogens is 1. The molecule has 0 unspecified atom stereocenters. The minimum Gasteiger partial charge on any atom is -0.397 e. The summed E-state index contributed by atoms with van der Waals surface area (Å²) < 4.78 is 0. The van der Waals surface area contributed by atoms with Crippen molar-refractivity contribution in [1.29, 1.82) is 0 Å². The molecule has 0 aliphatic rings. The molecule has 4 nitrogen and oxygen atoms in total. The average Bonchev–Trinajstić information content (AvgIpc) is 2.29. The second kappa shape index (κ2) is 4.81. The first-order valence-electron chi connectivity index (χ1n) is 4.79. The summed E-state index contributed by atoms with van der Waals surface area (Å²) in [7, 11) is 0. The van der Waals surface area contributed by atoms with Crippen molar-refractivity contribution in [3.63, 3.8) is 0 Å². The lowest BCUT2D eigenvalue weighted by Crippen LogP contribution is -2.02. The molecular weight excluding hydrogens is 224 g/mol. The Morgan fingerprint density at radius 1 is 1.31 bits per heavy atom. The molecule has 0 bridgehead atoms. The number of hydrogen-bond donors (Lipinski definition) is 2. The van der Waals surface area contributed by atoms with Gasteiger partial charge in [-0.2, -0.15) is 0 Å². The van der Waals surface area contributed by atoms with Gasteiger partial charge in [-0.05, 0) is 23.8 Å². The van der Waals surface area contributed by atoms with Crippen LogP contribution in [0.2, 0.25) is 5.02 Å². The highest BCUT2D eigenvalue weighted by Gasteiger charge is 2.01. The van der Waals surface area contributed by atoms with E-state index in [2.05, 4.69) is 15.3 Å². The molecule has 0 atom stereocenters. The monoisotopic (exact) mass is 234 g/mol. The van der Waals surface area contributed by atoms with Gasteiger partial charge >= 0.3 is 0 Å². The average molecular weight is 235 g/mol. The third-order valence-corrected chi connectivity index (χ3v) is 2.36. The van der Waals surface area contributed by atoms with Crippen LogP contribution in [0.4, 0.5) is 11.5 Å². The van der Waals surface area contributed by atoms with Crippen LogP contribution < -0.4 is 11.1 Å². The maximum absolute atomic E-state index is 5.98. The molecule has 5 heteroatoms. The Balaban J connectivity index is 2.05. The van der Waals surface area contributed by atoms with Crippen LogP contribution in [0.1, 0.15) is 5.56 Å². The number of aromatic nitrogens is 2. The molecule has 0 saturated heterocycles. The molecule has 0 aliphatic carbocycles. The molecular formula is C11H11ClN4. The summed E-state index contributed by atoms with van der Waals surface area (Å²) in [5, 5.41) is 3.65. The zero-order valence-corrected chi connectivity index (χ0v) is 9.28. The van der Waals surface area contributed by atoms with Crippen LogP contribution in [-0.4, -0.2) is 9.97 Å². The Morgan fingerprint density at radius 2 is 2.06 bits per heavy atom. The molecule has 0 amide bonds. The van der Waals surface area contributed by atoms with Gasteiger partial charge in [-0.3, -0.25) is 4.98 Å². The van der Waals surface area contributed by atoms with Crippen molar-refractivity contribution in [2.24, 2.45) is 0 Å². The van der Waals surface area contributed by atoms with Gasteiger partial charge in [0.15, 0.2) is 0 Å². The predicted octanol–water partition coefficient (Wildman–Crippen LogP) is 2.32. The SMILES string of the molecule is Nc1cnc(NCc2ccncc2)c(Cl)c1. The van der Waals surface area contributed by atoms with Gasteiger partial charge in [-0.15, -0.1) is 0 Å². The molecule has 16 heavy (non-hydrogen) atoms. The Labute approximate surface area is 98.5 Å². The van der Waals surface area contributed by atoms with Crippen molar-refractivity contribution in [3.8, 4) is 0 Å². The number of nitrogens with one attached hydrogen (secondary N) is 1. The van der Waals surface area contributed by atoms with Crippen molar-refractivity contribution in [3.05, 3.63) is 47.4 Å². The van der Waals surface area contributed by atoms with E-state index in [0.29, 0.717) is 23.1 Å². The van der Waals surface area contributed by atoms with E-state index in [1.807, 2.05) is 12.1 Å². The highest BCUT2D eigenvalue weighted by atomic mass is 35.5. The second-order valence-electron chi connectivity index (χ2n) is 3.31. The number of hydrogen-bond acceptors (Lipinski definition) is 4. The fraction of sp³-hybridized carbons (Fsp3) is 0.0909. The highest BCUT2D eigenvalue weighted by molar-refractivity contribution is 6.33. The smallest absolute Gasteiger partial charge is 0.145 e. The molecule has 0 aliphatic heterocycles. The zero-order valence-electron chi connectivity index (χ0n) is 8.52. The number of nitrogen functional groups attached to an aromatic ring is 1. The molecule has 0 aromatic carbocycles. The number of rotatable bonds is 3. The van der Waals surface area contributed by atoms with Gasteiger partial charge in [0.2, 0.25) is 0 Å². The van der Waals surface area contributed by atoms with Crippen LogP contribution in [0.25, 0.3) is 0 Å². The van der Waals surface area contributed by atoms with Crippen molar-refractivity contribution < 1.29 is 0 Å². The van der Waals surface area contributed by atoms with E-state index in [1.165, 1.54) is 0 Å². The summed E-state index contributed by atoms with van der Waals surface area (Å²) in [5.74, 6) is 0.632. The molecule has 0 fully saturated rings. The topological polar surface area (TPSA) is 63.8 Å². The van der Waals surface area contributed by atoms with E-state index in [-0.39, 0.29) is 0 Å². The van der Waals surface area contributed by atoms with Crippen LogP contribution in [0.3, 0.4) is 0 Å². The molecule has 2 aromatic rings. The fourth-order valence-electron chi connectivity index (χ4n) is 1.27. The minimum atomic E-state index is 0.522. The Kier molecular flexibility index (Phi) is 3.22. The fourth-order valence-corrected chi connectivity index (χ4v) is 1.51. The maximum atomic E-state index is 5.98. The summed E-state index contributed by atoms with van der Waals surface area (Å²) in [6, 6.07) is 5.53. The van der Waals surface area contributed by atoms with Crippen LogP contribution in [0.15, 0.2) is 36.8 Å². The molecule has 2 heterocycles. The summed E-state index contributed by atoms with van der Waals surface area (Å²) in [6.07, 6.45) is 5.06. The van der Waals surface area contributed by atoms with Gasteiger partial charge < -0.3 is 11.1 Å². The number of nitrogens with two attached hydrogens (primary N) is 1. The maximum Gasteiger partial charge on any atom is 0.145 e. The van der Waals surface area contributed by atoms with Crippen molar-refractivity contribution in [2.75, 3.05) is 11.1 Å². The first kappa shape index (κ1) is 10.7. The molecule has 3 N–H and O–H groups in total. The summed E-state index contributed by atoms with van der Waals surface area (Å²) in [4.78, 5) is 8.05. The van der Waals surface area contributed by atoms with Gasteiger partial charge in [0.25, 0.3) is 0 Å². The van der Waals surface area contributed by atoms with Crippen LogP contribution in [0.5, 0.6) is 0 Å². The number of nitrogens with zero attached hydrogens (tertiary/aromatic N) is 2. The normalized spacial score (nSPS) is 10.1. The zero-order chi connectivity index (χ0) is 11.4. The quantitative estimate of drug-likeness (QED) is 0.856. The third-order valence-electron chi connectivity index (χ3n) is 2.07. The van der Waals surface area contributed by atoms with E-state index >= 15 is 0 Å². The first-order chi connectivity index (χ1) is 7.75. The van der Waals surface area contributed by atoms with Crippen LogP contribution >= 0.6 is 11.6 Å². The van der Waals surface area contributed by atoms with Gasteiger partial charge in [-0.1, -0.05) is 11.6 Å². The number of anilines is 2. The molecule has 2 aromatic heterocycles. The van der Waals surface area contributed by atoms with Crippen molar-refractivity contribution in [1.82, 2.24) is 9.97 Å². The molecule has 2 rings (SSSR count). The molecule has 0 spiro atoms. The Hall–Kier alpha value is -1.81. The van der Waals surface area contributed by atoms with E-state index in [1.54, 1.807) is 24.7 Å². The predicted molar refractivity (Wildman–Crippen MR) is 65.2 cm³/mol. The van der Waals surface area contributed by atoms with Crippen LogP contribution in [0, 0.1) is 0 Å². The third kappa shape index (κ3) is 2.61. The van der Waals surface area contributed by atoms with E-state index in [0.717, 1.165) is 5.56 Å². The summed E-state index contributed by atoms with van der Waals surface area (Å²) >= 11 is 5.98. The Morgan fingerprint density at radius 3 is 2.75 bits per heavy atom. The summed E-state index contributed by atoms with van der Waals surface area (Å²) in [5.41, 5.74) is 7.22. The van der Waals surface area contributed by atoms with E-state index < -0.39 is 0 Å².